The summed E-state index contributed by atoms with van der Waals surface area (Å²) < 4.78 is 7.37. The molecule has 13 aromatic rings. The smallest absolute Gasteiger partial charge is 0.164 e. The molecule has 0 saturated carbocycles. The number of nitrogens with zero attached hydrogens (tertiary/aromatic N) is 5. The van der Waals surface area contributed by atoms with Crippen molar-refractivity contribution in [3.63, 3.8) is 0 Å². The lowest BCUT2D eigenvalue weighted by Crippen LogP contribution is -2.01. The fourth-order valence-electron chi connectivity index (χ4n) is 9.35. The Balaban J connectivity index is 1.05. The van der Waals surface area contributed by atoms with E-state index in [4.69, 9.17) is 15.0 Å². The van der Waals surface area contributed by atoms with Crippen molar-refractivity contribution in [1.29, 1.82) is 0 Å². The minimum atomic E-state index is 0.623. The molecule has 0 unspecified atom stereocenters. The van der Waals surface area contributed by atoms with Crippen molar-refractivity contribution in [1.82, 2.24) is 24.1 Å². The number of benzene rings is 9. The van der Waals surface area contributed by atoms with Crippen LogP contribution in [0.4, 0.5) is 0 Å². The van der Waals surface area contributed by atoms with E-state index in [9.17, 15) is 0 Å². The summed E-state index contributed by atoms with van der Waals surface area (Å²) in [5.41, 5.74) is 9.60. The van der Waals surface area contributed by atoms with Crippen molar-refractivity contribution in [2.24, 2.45) is 0 Å². The van der Waals surface area contributed by atoms with Crippen molar-refractivity contribution in [3.8, 4) is 45.5 Å². The predicted octanol–water partition coefficient (Wildman–Crippen LogP) is 14.6. The Morgan fingerprint density at radius 2 is 0.836 bits per heavy atom. The molecular weight excluding hydrogens is 763 g/mol. The zero-order valence-corrected chi connectivity index (χ0v) is 33.5. The highest BCUT2D eigenvalue weighted by Crippen LogP contribution is 2.43. The van der Waals surface area contributed by atoms with E-state index in [-0.39, 0.29) is 0 Å². The van der Waals surface area contributed by atoms with Gasteiger partial charge in [0, 0.05) is 69.8 Å². The molecule has 9 aromatic carbocycles. The Morgan fingerprint density at radius 1 is 0.311 bits per heavy atom. The molecule has 0 bridgehead atoms. The van der Waals surface area contributed by atoms with Crippen LogP contribution in [0.2, 0.25) is 0 Å². The lowest BCUT2D eigenvalue weighted by Gasteiger charge is -2.14. The summed E-state index contributed by atoms with van der Waals surface area (Å²) in [6, 6.07) is 71.5. The first kappa shape index (κ1) is 34.0. The van der Waals surface area contributed by atoms with Gasteiger partial charge >= 0.3 is 0 Å². The molecule has 284 valence electrons. The predicted molar refractivity (Wildman–Crippen MR) is 255 cm³/mol. The standard InChI is InChI=1S/C55H33N5S/c1-2-14-35(15-3-1)53-56-54(58-55(57-53)38-26-28-44-43-21-8-11-24-49(43)61-50(44)33-38)37-17-12-18-39(32-37)59-47-22-9-6-19-41(47)45-29-30-46-42-20-7-10-23-48(42)60(52(46)51(45)59)40-27-25-34-13-4-5-16-36(34)31-40/h1-33H. The lowest BCUT2D eigenvalue weighted by atomic mass is 10.1. The maximum Gasteiger partial charge on any atom is 0.164 e. The second-order valence-corrected chi connectivity index (χ2v) is 16.7. The summed E-state index contributed by atoms with van der Waals surface area (Å²) in [5, 5.41) is 9.78. The highest BCUT2D eigenvalue weighted by atomic mass is 32.1. The highest BCUT2D eigenvalue weighted by molar-refractivity contribution is 7.25. The van der Waals surface area contributed by atoms with Crippen LogP contribution in [-0.4, -0.2) is 24.1 Å². The van der Waals surface area contributed by atoms with E-state index in [1.807, 2.05) is 18.2 Å². The zero-order valence-electron chi connectivity index (χ0n) is 32.7. The van der Waals surface area contributed by atoms with Crippen LogP contribution >= 0.6 is 11.3 Å². The van der Waals surface area contributed by atoms with Gasteiger partial charge in [0.25, 0.3) is 0 Å². The van der Waals surface area contributed by atoms with E-state index in [1.165, 1.54) is 63.5 Å². The Morgan fingerprint density at radius 3 is 1.56 bits per heavy atom. The summed E-state index contributed by atoms with van der Waals surface area (Å²) in [6.45, 7) is 0. The van der Waals surface area contributed by atoms with E-state index in [1.54, 1.807) is 11.3 Å². The van der Waals surface area contributed by atoms with Gasteiger partial charge < -0.3 is 9.13 Å². The fourth-order valence-corrected chi connectivity index (χ4v) is 10.5. The molecule has 0 saturated heterocycles. The first-order chi connectivity index (χ1) is 30.2. The first-order valence-electron chi connectivity index (χ1n) is 20.5. The number of hydrogen-bond acceptors (Lipinski definition) is 4. The van der Waals surface area contributed by atoms with Crippen molar-refractivity contribution >= 4 is 85.9 Å². The lowest BCUT2D eigenvalue weighted by molar-refractivity contribution is 1.07. The molecule has 0 amide bonds. The van der Waals surface area contributed by atoms with Crippen LogP contribution in [0.5, 0.6) is 0 Å². The Hall–Kier alpha value is -7.93. The number of rotatable bonds is 5. The summed E-state index contributed by atoms with van der Waals surface area (Å²) in [4.78, 5) is 15.5. The molecule has 5 nitrogen and oxygen atoms in total. The minimum Gasteiger partial charge on any atom is -0.307 e. The average molecular weight is 796 g/mol. The first-order valence-corrected chi connectivity index (χ1v) is 21.3. The molecule has 6 heteroatoms. The number of aromatic nitrogens is 5. The summed E-state index contributed by atoms with van der Waals surface area (Å²) >= 11 is 1.80. The number of para-hydroxylation sites is 2. The summed E-state index contributed by atoms with van der Waals surface area (Å²) in [6.07, 6.45) is 0. The second-order valence-electron chi connectivity index (χ2n) is 15.6. The minimum absolute atomic E-state index is 0.623. The van der Waals surface area contributed by atoms with Gasteiger partial charge in [0.15, 0.2) is 17.5 Å². The van der Waals surface area contributed by atoms with Crippen LogP contribution in [0, 0.1) is 0 Å². The van der Waals surface area contributed by atoms with Gasteiger partial charge in [-0.25, -0.2) is 15.0 Å². The largest absolute Gasteiger partial charge is 0.307 e. The topological polar surface area (TPSA) is 48.5 Å². The van der Waals surface area contributed by atoms with Crippen molar-refractivity contribution < 1.29 is 0 Å². The summed E-state index contributed by atoms with van der Waals surface area (Å²) in [7, 11) is 0. The normalized spacial score (nSPS) is 11.9. The highest BCUT2D eigenvalue weighted by Gasteiger charge is 2.22. The number of hydrogen-bond donors (Lipinski definition) is 0. The Bertz CT molecular complexity index is 3890. The van der Waals surface area contributed by atoms with Gasteiger partial charge in [-0.15, -0.1) is 11.3 Å². The zero-order chi connectivity index (χ0) is 40.0. The third-order valence-corrected chi connectivity index (χ3v) is 13.3. The van der Waals surface area contributed by atoms with Gasteiger partial charge in [-0.05, 0) is 59.3 Å². The Kier molecular flexibility index (Phi) is 7.41. The van der Waals surface area contributed by atoms with E-state index in [2.05, 4.69) is 191 Å². The molecule has 0 radical (unpaired) electrons. The molecule has 0 fully saturated rings. The fraction of sp³-hybridized carbons (Fsp3) is 0. The molecule has 4 aromatic heterocycles. The maximum absolute atomic E-state index is 5.23. The van der Waals surface area contributed by atoms with E-state index in [0.717, 1.165) is 39.1 Å². The SMILES string of the molecule is c1ccc(-c2nc(-c3cccc(-n4c5ccccc5c5ccc6c7ccccc7n(-c7ccc8ccccc8c7)c6c54)c3)nc(-c3ccc4c(c3)sc3ccccc34)n2)cc1. The second kappa shape index (κ2) is 13.3. The molecule has 0 N–H and O–H groups in total. The van der Waals surface area contributed by atoms with E-state index in [0.29, 0.717) is 17.5 Å². The molecule has 61 heavy (non-hydrogen) atoms. The molecule has 0 aliphatic rings. The van der Waals surface area contributed by atoms with Crippen molar-refractivity contribution in [2.45, 2.75) is 0 Å². The van der Waals surface area contributed by atoms with Crippen LogP contribution in [0.3, 0.4) is 0 Å². The van der Waals surface area contributed by atoms with Gasteiger partial charge in [0.1, 0.15) is 0 Å². The van der Waals surface area contributed by atoms with Crippen LogP contribution in [0.25, 0.3) is 120 Å². The van der Waals surface area contributed by atoms with Crippen LogP contribution in [0.1, 0.15) is 0 Å². The van der Waals surface area contributed by atoms with Gasteiger partial charge in [-0.1, -0.05) is 152 Å². The molecular formula is C55H33N5S. The molecule has 0 spiro atoms. The van der Waals surface area contributed by atoms with Gasteiger partial charge in [0.2, 0.25) is 0 Å². The average Bonchev–Trinajstić information content (AvgIpc) is 3.99. The third kappa shape index (κ3) is 5.29. The number of thiophene rings is 1. The molecule has 4 heterocycles. The molecule has 0 atom stereocenters. The van der Waals surface area contributed by atoms with Crippen LogP contribution in [0.15, 0.2) is 200 Å². The van der Waals surface area contributed by atoms with E-state index >= 15 is 0 Å². The van der Waals surface area contributed by atoms with Gasteiger partial charge in [-0.2, -0.15) is 0 Å². The quantitative estimate of drug-likeness (QED) is 0.174. The van der Waals surface area contributed by atoms with Crippen LogP contribution in [-0.2, 0) is 0 Å². The molecule has 13 rings (SSSR count). The van der Waals surface area contributed by atoms with E-state index < -0.39 is 0 Å². The third-order valence-electron chi connectivity index (χ3n) is 12.1. The van der Waals surface area contributed by atoms with Gasteiger partial charge in [0.05, 0.1) is 22.1 Å². The van der Waals surface area contributed by atoms with Gasteiger partial charge in [-0.3, -0.25) is 0 Å². The maximum atomic E-state index is 5.23. The monoisotopic (exact) mass is 795 g/mol. The van der Waals surface area contributed by atoms with Crippen LogP contribution < -0.4 is 0 Å². The number of fused-ring (bicyclic) bond motifs is 11. The molecule has 0 aliphatic carbocycles. The summed E-state index contributed by atoms with van der Waals surface area (Å²) in [5.74, 6) is 1.91. The van der Waals surface area contributed by atoms with Crippen molar-refractivity contribution in [3.05, 3.63) is 200 Å². The molecule has 0 aliphatic heterocycles. The Labute approximate surface area is 354 Å². The van der Waals surface area contributed by atoms with Crippen molar-refractivity contribution in [2.75, 3.05) is 0 Å².